The van der Waals surface area contributed by atoms with Gasteiger partial charge in [0.15, 0.2) is 0 Å². The first-order valence-electron chi connectivity index (χ1n) is 8.48. The van der Waals surface area contributed by atoms with E-state index in [2.05, 4.69) is 20.7 Å². The van der Waals surface area contributed by atoms with Crippen LogP contribution in [0.2, 0.25) is 0 Å². The lowest BCUT2D eigenvalue weighted by Gasteiger charge is -2.21. The molecule has 8 nitrogen and oxygen atoms in total. The van der Waals surface area contributed by atoms with Gasteiger partial charge in [0.25, 0.3) is 0 Å². The minimum atomic E-state index is -4.50. The van der Waals surface area contributed by atoms with Crippen molar-refractivity contribution in [3.8, 4) is 11.4 Å². The van der Waals surface area contributed by atoms with Gasteiger partial charge in [0, 0.05) is 5.56 Å². The summed E-state index contributed by atoms with van der Waals surface area (Å²) in [6.45, 7) is 3.31. The molecule has 152 valence electrons. The number of halogens is 3. The second-order valence-corrected chi connectivity index (χ2v) is 6.18. The number of benzene rings is 1. The van der Waals surface area contributed by atoms with Crippen molar-refractivity contribution >= 4 is 11.9 Å². The van der Waals surface area contributed by atoms with Crippen LogP contribution in [0.1, 0.15) is 25.8 Å². The van der Waals surface area contributed by atoms with Gasteiger partial charge in [-0.1, -0.05) is 32.4 Å². The average Bonchev–Trinajstić information content (AvgIpc) is 3.12. The van der Waals surface area contributed by atoms with Gasteiger partial charge in [0.1, 0.15) is 12.6 Å². The molecule has 0 bridgehead atoms. The molecule has 2 atom stereocenters. The fourth-order valence-electron chi connectivity index (χ4n) is 2.40. The molecule has 0 saturated heterocycles. The van der Waals surface area contributed by atoms with E-state index < -0.39 is 29.7 Å². The summed E-state index contributed by atoms with van der Waals surface area (Å²) in [5.74, 6) is -1.33. The van der Waals surface area contributed by atoms with E-state index in [1.165, 1.54) is 19.2 Å². The number of nitrogens with zero attached hydrogens (tertiary/aromatic N) is 4. The predicted octanol–water partition coefficient (Wildman–Crippen LogP) is 2.06. The van der Waals surface area contributed by atoms with Crippen molar-refractivity contribution in [3.05, 3.63) is 29.8 Å². The number of nitrogens with one attached hydrogen (secondary N) is 1. The first kappa shape index (κ1) is 21.3. The fraction of sp³-hybridized carbons (Fsp3) is 0.471. The molecule has 2 aromatic rings. The number of tetrazole rings is 1. The van der Waals surface area contributed by atoms with Crippen LogP contribution in [0, 0.1) is 5.92 Å². The normalized spacial score (nSPS) is 13.6. The Morgan fingerprint density at radius 1 is 1.32 bits per heavy atom. The van der Waals surface area contributed by atoms with Crippen molar-refractivity contribution in [2.45, 2.75) is 39.0 Å². The Hall–Kier alpha value is -2.98. The van der Waals surface area contributed by atoms with E-state index >= 15 is 0 Å². The topological polar surface area (TPSA) is 99.0 Å². The lowest BCUT2D eigenvalue weighted by atomic mass is 9.99. The number of hydrogen-bond acceptors (Lipinski definition) is 6. The molecule has 1 N–H and O–H groups in total. The molecule has 28 heavy (non-hydrogen) atoms. The van der Waals surface area contributed by atoms with Gasteiger partial charge in [0.2, 0.25) is 11.7 Å². The van der Waals surface area contributed by atoms with Gasteiger partial charge in [-0.15, -0.1) is 10.2 Å². The minimum Gasteiger partial charge on any atom is -0.467 e. The van der Waals surface area contributed by atoms with Crippen LogP contribution in [-0.4, -0.2) is 45.2 Å². The van der Waals surface area contributed by atoms with Crippen molar-refractivity contribution in [1.82, 2.24) is 25.5 Å². The Balaban J connectivity index is 2.10. The zero-order valence-corrected chi connectivity index (χ0v) is 15.5. The van der Waals surface area contributed by atoms with E-state index in [0.717, 1.165) is 16.9 Å². The van der Waals surface area contributed by atoms with Crippen LogP contribution in [0.4, 0.5) is 13.2 Å². The van der Waals surface area contributed by atoms with Gasteiger partial charge in [-0.2, -0.15) is 18.0 Å². The lowest BCUT2D eigenvalue weighted by molar-refractivity contribution is -0.146. The number of esters is 1. The summed E-state index contributed by atoms with van der Waals surface area (Å²) in [5.41, 5.74) is -0.720. The molecule has 1 aromatic heterocycles. The van der Waals surface area contributed by atoms with Crippen LogP contribution in [0.15, 0.2) is 24.3 Å². The monoisotopic (exact) mass is 399 g/mol. The van der Waals surface area contributed by atoms with Crippen LogP contribution >= 0.6 is 0 Å². The number of alkyl halides is 3. The maximum Gasteiger partial charge on any atom is 0.416 e. The van der Waals surface area contributed by atoms with Crippen LogP contribution in [-0.2, 0) is 27.0 Å². The minimum absolute atomic E-state index is 0.0506. The average molecular weight is 399 g/mol. The molecule has 11 heteroatoms. The highest BCUT2D eigenvalue weighted by atomic mass is 19.4. The van der Waals surface area contributed by atoms with Gasteiger partial charge >= 0.3 is 12.1 Å². The Morgan fingerprint density at radius 2 is 2.04 bits per heavy atom. The molecule has 0 spiro atoms. The van der Waals surface area contributed by atoms with Gasteiger partial charge in [0.05, 0.1) is 12.7 Å². The van der Waals surface area contributed by atoms with Gasteiger partial charge in [-0.25, -0.2) is 4.79 Å². The number of rotatable bonds is 7. The van der Waals surface area contributed by atoms with E-state index in [1.54, 1.807) is 6.92 Å². The van der Waals surface area contributed by atoms with Gasteiger partial charge in [-0.05, 0) is 23.3 Å². The highest BCUT2D eigenvalue weighted by Crippen LogP contribution is 2.31. The molecule has 1 amide bonds. The number of aromatic nitrogens is 4. The third kappa shape index (κ3) is 5.27. The summed E-state index contributed by atoms with van der Waals surface area (Å²) in [5, 5.41) is 13.9. The number of carbonyl (C=O) groups is 2. The third-order valence-corrected chi connectivity index (χ3v) is 4.17. The zero-order valence-electron chi connectivity index (χ0n) is 15.5. The number of ether oxygens (including phenoxy) is 1. The Bertz CT molecular complexity index is 837. The molecule has 2 rings (SSSR count). The van der Waals surface area contributed by atoms with Gasteiger partial charge < -0.3 is 10.1 Å². The maximum atomic E-state index is 12.8. The predicted molar refractivity (Wildman–Crippen MR) is 91.7 cm³/mol. The summed E-state index contributed by atoms with van der Waals surface area (Å²) in [7, 11) is 1.23. The summed E-state index contributed by atoms with van der Waals surface area (Å²) in [6.07, 6.45) is -3.86. The molecule has 0 radical (unpaired) electrons. The molecule has 0 saturated carbocycles. The van der Waals surface area contributed by atoms with E-state index in [1.807, 2.05) is 6.92 Å². The molecule has 1 heterocycles. The number of methoxy groups -OCH3 is 1. The largest absolute Gasteiger partial charge is 0.467 e. The number of hydrogen-bond donors (Lipinski definition) is 1. The Kier molecular flexibility index (Phi) is 6.71. The van der Waals surface area contributed by atoms with E-state index in [0.29, 0.717) is 6.42 Å². The summed E-state index contributed by atoms with van der Waals surface area (Å²) >= 11 is 0. The van der Waals surface area contributed by atoms with E-state index in [4.69, 9.17) is 4.74 Å². The third-order valence-electron chi connectivity index (χ3n) is 4.17. The highest BCUT2D eigenvalue weighted by Gasteiger charge is 2.31. The van der Waals surface area contributed by atoms with Crippen LogP contribution in [0.3, 0.4) is 0 Å². The zero-order chi connectivity index (χ0) is 20.9. The molecule has 0 aliphatic rings. The van der Waals surface area contributed by atoms with Crippen molar-refractivity contribution in [2.75, 3.05) is 7.11 Å². The van der Waals surface area contributed by atoms with Gasteiger partial charge in [-0.3, -0.25) is 4.79 Å². The van der Waals surface area contributed by atoms with Crippen molar-refractivity contribution < 1.29 is 27.5 Å². The Labute approximate surface area is 159 Å². The molecule has 0 unspecified atom stereocenters. The van der Waals surface area contributed by atoms with Crippen molar-refractivity contribution in [3.63, 3.8) is 0 Å². The smallest absolute Gasteiger partial charge is 0.416 e. The Morgan fingerprint density at radius 3 is 2.64 bits per heavy atom. The van der Waals surface area contributed by atoms with Crippen LogP contribution < -0.4 is 5.32 Å². The molecule has 0 aliphatic heterocycles. The molecular formula is C17H20F3N5O3. The quantitative estimate of drug-likeness (QED) is 0.716. The second-order valence-electron chi connectivity index (χ2n) is 6.18. The van der Waals surface area contributed by atoms with Crippen LogP contribution in [0.25, 0.3) is 11.4 Å². The maximum absolute atomic E-state index is 12.8. The van der Waals surface area contributed by atoms with E-state index in [9.17, 15) is 22.8 Å². The number of carbonyl (C=O) groups excluding carboxylic acids is 2. The first-order chi connectivity index (χ1) is 13.2. The summed E-state index contributed by atoms with van der Waals surface area (Å²) < 4.78 is 43.1. The molecular weight excluding hydrogens is 379 g/mol. The standard InChI is InChI=1S/C17H20F3N5O3/c1-4-10(2)14(16(27)28-3)21-13(26)9-25-23-15(22-24-25)11-6-5-7-12(8-11)17(18,19)20/h5-8,10,14H,4,9H2,1-3H3,(H,21,26)/t10-,14-/m0/s1. The first-order valence-corrected chi connectivity index (χ1v) is 8.48. The molecule has 1 aromatic carbocycles. The highest BCUT2D eigenvalue weighted by molar-refractivity contribution is 5.84. The summed E-state index contributed by atoms with van der Waals surface area (Å²) in [4.78, 5) is 25.0. The summed E-state index contributed by atoms with van der Waals surface area (Å²) in [6, 6.07) is 3.65. The molecule has 0 fully saturated rings. The van der Waals surface area contributed by atoms with Crippen LogP contribution in [0.5, 0.6) is 0 Å². The fourth-order valence-corrected chi connectivity index (χ4v) is 2.40. The molecule has 0 aliphatic carbocycles. The van der Waals surface area contributed by atoms with Crippen molar-refractivity contribution in [1.29, 1.82) is 0 Å². The van der Waals surface area contributed by atoms with E-state index in [-0.39, 0.29) is 23.9 Å². The SMILES string of the molecule is CC[C@H](C)[C@H](NC(=O)Cn1nnc(-c2cccc(C(F)(F)F)c2)n1)C(=O)OC. The van der Waals surface area contributed by atoms with Crippen molar-refractivity contribution in [2.24, 2.45) is 5.92 Å². The number of amides is 1. The lowest BCUT2D eigenvalue weighted by Crippen LogP contribution is -2.46. The second kappa shape index (κ2) is 8.81.